The molecule has 18 nitrogen and oxygen atoms in total. The highest BCUT2D eigenvalue weighted by atomic mass is 28.6. The van der Waals surface area contributed by atoms with Crippen molar-refractivity contribution in [2.45, 2.75) is 57.5 Å². The van der Waals surface area contributed by atoms with E-state index in [-0.39, 0.29) is 39.1 Å². The Hall–Kier alpha value is -4.57. The summed E-state index contributed by atoms with van der Waals surface area (Å²) in [6.07, 6.45) is 1.64. The van der Waals surface area contributed by atoms with Crippen LogP contribution in [0.25, 0.3) is 0 Å². The van der Waals surface area contributed by atoms with Crippen LogP contribution in [0.4, 0.5) is 0 Å². The summed E-state index contributed by atoms with van der Waals surface area (Å²) in [6.45, 7) is 9.37. The Morgan fingerprint density at radius 3 is 1.09 bits per heavy atom. The minimum atomic E-state index is -5.28. The summed E-state index contributed by atoms with van der Waals surface area (Å²) in [5.41, 5.74) is 0.774. The van der Waals surface area contributed by atoms with Crippen molar-refractivity contribution >= 4 is 135 Å². The Kier molecular flexibility index (Phi) is 23.8. The predicted molar refractivity (Wildman–Crippen MR) is 380 cm³/mol. The molecule has 0 amide bonds. The number of hydrogen-bond donors (Lipinski definition) is 2. The van der Waals surface area contributed by atoms with E-state index in [9.17, 15) is 10.2 Å². The highest BCUT2D eigenvalue weighted by Crippen LogP contribution is 2.44. The molecule has 2 N–H and O–H groups in total. The number of rotatable bonds is 29. The van der Waals surface area contributed by atoms with Gasteiger partial charge in [-0.25, -0.2) is 0 Å². The van der Waals surface area contributed by atoms with Gasteiger partial charge in [0.1, 0.15) is 19.5 Å². The van der Waals surface area contributed by atoms with E-state index < -0.39 is 98.3 Å². The second kappa shape index (κ2) is 31.7. The first-order valence-electron chi connectivity index (χ1n) is 31.8. The van der Waals surface area contributed by atoms with E-state index >= 15 is 0 Å². The highest BCUT2D eigenvalue weighted by Gasteiger charge is 2.80. The average Bonchev–Trinajstić information content (AvgIpc) is 0.693. The fraction of sp³-hybridized carbons (Fsp3) is 0.250. The van der Waals surface area contributed by atoms with Crippen molar-refractivity contribution in [3.63, 3.8) is 0 Å². The van der Waals surface area contributed by atoms with Crippen molar-refractivity contribution in [3.05, 3.63) is 248 Å². The second-order valence-electron chi connectivity index (χ2n) is 22.9. The molecule has 0 radical (unpaired) electrons. The highest BCUT2D eigenvalue weighted by molar-refractivity contribution is 7.09. The summed E-state index contributed by atoms with van der Waals surface area (Å²) in [6, 6.07) is 78.3. The van der Waals surface area contributed by atoms with Crippen LogP contribution < -0.4 is 36.3 Å². The minimum Gasteiger partial charge on any atom is -0.419 e. The van der Waals surface area contributed by atoms with Gasteiger partial charge in [-0.2, -0.15) is 0 Å². The van der Waals surface area contributed by atoms with Crippen LogP contribution >= 0.6 is 0 Å². The molecule has 12 rings (SSSR count). The van der Waals surface area contributed by atoms with Crippen LogP contribution in [0.2, 0.25) is 32.2 Å². The molecule has 490 valence electrons. The first-order chi connectivity index (χ1) is 45.3. The SMILES string of the molecule is C[SiH2]O[Si]1(c2ccccc2)O[Si]2(Cc3ccccc3)O[Si](OCCCCOCCO)(c3ccccc3)O[Si](c3ccccc3)(O1)O[Si]1(c3ccccc3)O[Si](O[SiH2]C)(c3ccccc3)O[Si](c3ccccc3)(O2)O[Si](O[Si](C)(C)CCCOCCO)(c2ccccc2)O1. The lowest BCUT2D eigenvalue weighted by molar-refractivity contribution is 0.0338. The summed E-state index contributed by atoms with van der Waals surface area (Å²) in [5, 5.41) is 23.2. The molecule has 0 saturated carbocycles. The average molecular weight is 1450 g/mol. The molecule has 8 aromatic carbocycles. The van der Waals surface area contributed by atoms with Crippen molar-refractivity contribution in [3.8, 4) is 0 Å². The smallest absolute Gasteiger partial charge is 0.419 e. The molecule has 8 atom stereocenters. The number of ether oxygens (including phenoxy) is 2. The van der Waals surface area contributed by atoms with Crippen LogP contribution in [-0.4, -0.2) is 155 Å². The minimum absolute atomic E-state index is 0.0473. The van der Waals surface area contributed by atoms with Gasteiger partial charge in [-0.1, -0.05) is 256 Å². The maximum Gasteiger partial charge on any atom is 0.522 e. The van der Waals surface area contributed by atoms with Crippen LogP contribution in [-0.2, 0) is 73.4 Å². The van der Waals surface area contributed by atoms with Gasteiger partial charge in [0.25, 0.3) is 0 Å². The lowest BCUT2D eigenvalue weighted by Gasteiger charge is -2.57. The molecule has 4 bridgehead atoms. The molecule has 4 heterocycles. The zero-order valence-corrected chi connectivity index (χ0v) is 64.7. The molecule has 4 aliphatic heterocycles. The second-order valence-corrected chi connectivity index (χ2v) is 53.2. The quantitative estimate of drug-likeness (QED) is 0.0490. The van der Waals surface area contributed by atoms with Gasteiger partial charge in [0.15, 0.2) is 8.32 Å². The Labute approximate surface area is 560 Å². The van der Waals surface area contributed by atoms with Gasteiger partial charge in [0.2, 0.25) is 0 Å². The van der Waals surface area contributed by atoms with Crippen LogP contribution in [0.1, 0.15) is 24.8 Å². The monoisotopic (exact) mass is 1450 g/mol. The molecule has 4 aliphatic rings. The third-order valence-corrected chi connectivity index (χ3v) is 56.4. The van der Waals surface area contributed by atoms with Crippen molar-refractivity contribution in [2.75, 3.05) is 46.2 Å². The Bertz CT molecular complexity index is 3560. The zero-order chi connectivity index (χ0) is 64.6. The maximum absolute atomic E-state index is 9.76. The largest absolute Gasteiger partial charge is 0.522 e. The molecular weight excluding hydrogens is 1370 g/mol. The Morgan fingerprint density at radius 1 is 0.344 bits per heavy atom. The van der Waals surface area contributed by atoms with E-state index in [0.29, 0.717) is 74.8 Å². The molecule has 0 aromatic heterocycles. The van der Waals surface area contributed by atoms with E-state index in [4.69, 9.17) is 67.4 Å². The summed E-state index contributed by atoms with van der Waals surface area (Å²) in [4.78, 5) is 0. The van der Waals surface area contributed by atoms with Crippen LogP contribution in [0.15, 0.2) is 243 Å². The summed E-state index contributed by atoms with van der Waals surface area (Å²) in [5.74, 6) is 0. The molecule has 4 fully saturated rings. The van der Waals surface area contributed by atoms with Gasteiger partial charge >= 0.3 is 70.4 Å². The fourth-order valence-corrected chi connectivity index (χ4v) is 63.1. The number of hydrogen-bond acceptors (Lipinski definition) is 18. The third-order valence-electron chi connectivity index (χ3n) is 15.5. The maximum atomic E-state index is 9.76. The Morgan fingerprint density at radius 2 is 0.667 bits per heavy atom. The van der Waals surface area contributed by atoms with Gasteiger partial charge in [-0.15, -0.1) is 0 Å². The number of unbranched alkanes of at least 4 members (excludes halogenated alkanes) is 1. The third kappa shape index (κ3) is 16.2. The standard InChI is InChI=1S/C64H82O18Si11/c1-83-70-88(59-36-17-7-18-37-59)74-86(56-57-32-13-5-14-33-57)73-87(58-34-15-6-16-35-58,69-52-30-29-50-67-53-48-65)76-92(77-88,63-44-25-11-26-45-63)82-93(64-46-27-12-28-47-64)79-89(71-84-2,60-38-19-8-20-39-60)78-91(75-86,62-42-23-10-24-43-62)80-90(81-93,61-40-21-9-22-41-61)72-85(3,4)55-31-51-68-54-49-66/h5-28,32-47,65-66H,29-31,48-56,83-84H2,1-4H3. The molecule has 4 saturated heterocycles. The summed E-state index contributed by atoms with van der Waals surface area (Å²) >= 11 is 0. The fourth-order valence-electron chi connectivity index (χ4n) is 11.4. The first-order valence-corrected chi connectivity index (χ1v) is 52.9. The van der Waals surface area contributed by atoms with Gasteiger partial charge in [-0.05, 0) is 44.0 Å². The zero-order valence-electron chi connectivity index (χ0n) is 52.9. The Balaban J connectivity index is 1.35. The van der Waals surface area contributed by atoms with E-state index in [1.807, 2.05) is 256 Å². The van der Waals surface area contributed by atoms with Gasteiger partial charge in [-0.3, -0.25) is 0 Å². The predicted octanol–water partition coefficient (Wildman–Crippen LogP) is 4.56. The summed E-state index contributed by atoms with van der Waals surface area (Å²) in [7, 11) is -46.6. The number of aliphatic hydroxyl groups is 2. The first kappa shape index (κ1) is 69.8. The molecular formula is C64H82O18Si11. The lowest BCUT2D eigenvalue weighted by atomic mass is 10.2. The molecule has 93 heavy (non-hydrogen) atoms. The van der Waals surface area contributed by atoms with Crippen molar-refractivity contribution in [1.29, 1.82) is 0 Å². The van der Waals surface area contributed by atoms with Gasteiger partial charge < -0.3 is 77.6 Å². The molecule has 0 spiro atoms. The summed E-state index contributed by atoms with van der Waals surface area (Å²) < 4.78 is 129. The van der Waals surface area contributed by atoms with E-state index in [1.54, 1.807) is 0 Å². The van der Waals surface area contributed by atoms with Gasteiger partial charge in [0, 0.05) is 62.2 Å². The number of benzene rings is 8. The van der Waals surface area contributed by atoms with E-state index in [2.05, 4.69) is 13.1 Å². The van der Waals surface area contributed by atoms with Crippen LogP contribution in [0.3, 0.4) is 0 Å². The normalized spacial score (nSPS) is 27.6. The molecule has 8 unspecified atom stereocenters. The van der Waals surface area contributed by atoms with E-state index in [0.717, 1.165) is 5.56 Å². The van der Waals surface area contributed by atoms with Gasteiger partial charge in [0.05, 0.1) is 26.4 Å². The molecule has 29 heteroatoms. The topological polar surface area (TPSA) is 188 Å². The van der Waals surface area contributed by atoms with Crippen LogP contribution in [0.5, 0.6) is 0 Å². The van der Waals surface area contributed by atoms with Crippen molar-refractivity contribution in [2.24, 2.45) is 0 Å². The van der Waals surface area contributed by atoms with Crippen LogP contribution in [0, 0.1) is 0 Å². The number of aliphatic hydroxyl groups excluding tert-OH is 2. The van der Waals surface area contributed by atoms with Crippen molar-refractivity contribution < 1.29 is 77.6 Å². The van der Waals surface area contributed by atoms with Crippen molar-refractivity contribution in [1.82, 2.24) is 0 Å². The number of fused-ring (bicyclic) bond motifs is 4. The molecule has 8 aromatic rings. The lowest BCUT2D eigenvalue weighted by Crippen LogP contribution is -2.89. The van der Waals surface area contributed by atoms with E-state index in [1.165, 1.54) is 0 Å². The molecule has 0 aliphatic carbocycles.